The van der Waals surface area contributed by atoms with Crippen molar-refractivity contribution < 1.29 is 23.9 Å². The van der Waals surface area contributed by atoms with E-state index in [1.807, 2.05) is 6.92 Å². The smallest absolute Gasteiger partial charge is 0.294 e. The second kappa shape index (κ2) is 9.67. The number of benzene rings is 2. The van der Waals surface area contributed by atoms with Crippen molar-refractivity contribution in [1.82, 2.24) is 4.90 Å². The van der Waals surface area contributed by atoms with E-state index in [-0.39, 0.29) is 11.5 Å². The number of nitrogens with one attached hydrogen (secondary N) is 1. The molecule has 1 aliphatic heterocycles. The number of thioether (sulfide) groups is 1. The highest BCUT2D eigenvalue weighted by molar-refractivity contribution is 8.18. The number of hydrogen-bond donors (Lipinski definition) is 2. The van der Waals surface area contributed by atoms with E-state index >= 15 is 0 Å². The Morgan fingerprint density at radius 3 is 2.55 bits per heavy atom. The average Bonchev–Trinajstić information content (AvgIpc) is 2.97. The SMILES string of the molecule is Cc1ccc(NC(=O)CN2C(=O)S/C(=C\c3ccc(OCC(N)=O)cc3)C2=O)cc1Cl. The molecule has 0 radical (unpaired) electrons. The van der Waals surface area contributed by atoms with Crippen LogP contribution >= 0.6 is 23.4 Å². The summed E-state index contributed by atoms with van der Waals surface area (Å²) in [5, 5.41) is 2.59. The van der Waals surface area contributed by atoms with Crippen LogP contribution in [0.2, 0.25) is 5.02 Å². The molecule has 31 heavy (non-hydrogen) atoms. The average molecular weight is 460 g/mol. The Morgan fingerprint density at radius 2 is 1.90 bits per heavy atom. The van der Waals surface area contributed by atoms with Gasteiger partial charge in [-0.25, -0.2) is 0 Å². The molecule has 3 N–H and O–H groups in total. The molecule has 0 atom stereocenters. The first kappa shape index (κ1) is 22.4. The summed E-state index contributed by atoms with van der Waals surface area (Å²) in [5.74, 6) is -1.22. The molecule has 0 unspecified atom stereocenters. The molecular formula is C21H18ClN3O5S. The van der Waals surface area contributed by atoms with Crippen molar-refractivity contribution in [3.63, 3.8) is 0 Å². The molecule has 160 valence electrons. The van der Waals surface area contributed by atoms with Crippen molar-refractivity contribution in [2.24, 2.45) is 5.73 Å². The Labute approximate surface area is 187 Å². The minimum atomic E-state index is -0.590. The van der Waals surface area contributed by atoms with Crippen molar-refractivity contribution in [1.29, 1.82) is 0 Å². The summed E-state index contributed by atoms with van der Waals surface area (Å²) >= 11 is 6.79. The molecule has 0 spiro atoms. The van der Waals surface area contributed by atoms with Gasteiger partial charge < -0.3 is 15.8 Å². The molecule has 2 aromatic rings. The third kappa shape index (κ3) is 5.87. The van der Waals surface area contributed by atoms with E-state index in [2.05, 4.69) is 5.32 Å². The van der Waals surface area contributed by atoms with Gasteiger partial charge in [0.15, 0.2) is 6.61 Å². The number of anilines is 1. The number of nitrogens with two attached hydrogens (primary N) is 1. The van der Waals surface area contributed by atoms with E-state index in [0.717, 1.165) is 22.2 Å². The number of carbonyl (C=O) groups is 4. The first-order valence-electron chi connectivity index (χ1n) is 9.05. The maximum atomic E-state index is 12.6. The van der Waals surface area contributed by atoms with Gasteiger partial charge in [0.05, 0.1) is 4.91 Å². The van der Waals surface area contributed by atoms with E-state index in [1.165, 1.54) is 0 Å². The van der Waals surface area contributed by atoms with Crippen LogP contribution in [0.4, 0.5) is 10.5 Å². The minimum Gasteiger partial charge on any atom is -0.484 e. The second-order valence-electron chi connectivity index (χ2n) is 6.60. The van der Waals surface area contributed by atoms with Gasteiger partial charge in [0, 0.05) is 10.7 Å². The summed E-state index contributed by atoms with van der Waals surface area (Å²) in [7, 11) is 0. The number of amides is 4. The van der Waals surface area contributed by atoms with Gasteiger partial charge in [0.2, 0.25) is 5.91 Å². The Kier molecular flexibility index (Phi) is 6.98. The Bertz CT molecular complexity index is 1080. The Hall–Kier alpha value is -3.30. The summed E-state index contributed by atoms with van der Waals surface area (Å²) in [4.78, 5) is 48.9. The molecule has 2 aromatic carbocycles. The minimum absolute atomic E-state index is 0.196. The number of primary amides is 1. The fourth-order valence-electron chi connectivity index (χ4n) is 2.62. The zero-order valence-electron chi connectivity index (χ0n) is 16.4. The lowest BCUT2D eigenvalue weighted by molar-refractivity contribution is -0.127. The van der Waals surface area contributed by atoms with Crippen molar-refractivity contribution in [2.75, 3.05) is 18.5 Å². The van der Waals surface area contributed by atoms with E-state index in [0.29, 0.717) is 22.0 Å². The fourth-order valence-corrected chi connectivity index (χ4v) is 3.64. The molecule has 1 saturated heterocycles. The Balaban J connectivity index is 1.63. The number of hydrogen-bond acceptors (Lipinski definition) is 6. The second-order valence-corrected chi connectivity index (χ2v) is 8.00. The van der Waals surface area contributed by atoms with E-state index in [1.54, 1.807) is 48.5 Å². The molecule has 1 fully saturated rings. The van der Waals surface area contributed by atoms with E-state index in [4.69, 9.17) is 22.1 Å². The van der Waals surface area contributed by atoms with Crippen LogP contribution in [0, 0.1) is 6.92 Å². The van der Waals surface area contributed by atoms with Gasteiger partial charge in [0.25, 0.3) is 17.1 Å². The predicted molar refractivity (Wildman–Crippen MR) is 119 cm³/mol. The monoisotopic (exact) mass is 459 g/mol. The lowest BCUT2D eigenvalue weighted by Crippen LogP contribution is -2.36. The number of halogens is 1. The van der Waals surface area contributed by atoms with Crippen LogP contribution in [-0.4, -0.2) is 41.0 Å². The van der Waals surface area contributed by atoms with Gasteiger partial charge in [0.1, 0.15) is 12.3 Å². The van der Waals surface area contributed by atoms with Crippen LogP contribution in [0.25, 0.3) is 6.08 Å². The summed E-state index contributed by atoms with van der Waals surface area (Å²) in [6.45, 7) is 1.19. The number of rotatable bonds is 7. The normalized spacial score (nSPS) is 14.8. The molecule has 0 bridgehead atoms. The maximum absolute atomic E-state index is 12.6. The van der Waals surface area contributed by atoms with Crippen LogP contribution in [-0.2, 0) is 14.4 Å². The first-order valence-corrected chi connectivity index (χ1v) is 10.2. The van der Waals surface area contributed by atoms with Crippen LogP contribution in [0.5, 0.6) is 5.75 Å². The summed E-state index contributed by atoms with van der Waals surface area (Å²) in [5.41, 5.74) is 7.01. The topological polar surface area (TPSA) is 119 Å². The zero-order valence-corrected chi connectivity index (χ0v) is 18.0. The third-order valence-corrected chi connectivity index (χ3v) is 5.50. The molecule has 0 aliphatic carbocycles. The molecule has 0 saturated carbocycles. The molecule has 0 aromatic heterocycles. The van der Waals surface area contributed by atoms with Crippen molar-refractivity contribution in [3.8, 4) is 5.75 Å². The highest BCUT2D eigenvalue weighted by Crippen LogP contribution is 2.32. The first-order chi connectivity index (χ1) is 14.7. The number of nitrogens with zero attached hydrogens (tertiary/aromatic N) is 1. The standard InChI is InChI=1S/C21H18ClN3O5S/c1-12-2-5-14(9-16(12)22)24-19(27)10-25-20(28)17(31-21(25)29)8-13-3-6-15(7-4-13)30-11-18(23)26/h2-9H,10-11H2,1H3,(H2,23,26)(H,24,27)/b17-8-. The van der Waals surface area contributed by atoms with Gasteiger partial charge in [-0.1, -0.05) is 29.8 Å². The highest BCUT2D eigenvalue weighted by Gasteiger charge is 2.36. The zero-order chi connectivity index (χ0) is 22.5. The van der Waals surface area contributed by atoms with Gasteiger partial charge in [-0.3, -0.25) is 24.1 Å². The van der Waals surface area contributed by atoms with Gasteiger partial charge in [-0.2, -0.15) is 0 Å². The van der Waals surface area contributed by atoms with Crippen molar-refractivity contribution >= 4 is 58.1 Å². The fraction of sp³-hybridized carbons (Fsp3) is 0.143. The molecular weight excluding hydrogens is 442 g/mol. The number of ether oxygens (including phenoxy) is 1. The van der Waals surface area contributed by atoms with Crippen LogP contribution in [0.3, 0.4) is 0 Å². The highest BCUT2D eigenvalue weighted by atomic mass is 35.5. The number of imide groups is 1. The van der Waals surface area contributed by atoms with Crippen LogP contribution < -0.4 is 15.8 Å². The predicted octanol–water partition coefficient (Wildman–Crippen LogP) is 3.19. The largest absolute Gasteiger partial charge is 0.484 e. The molecule has 8 nitrogen and oxygen atoms in total. The molecule has 1 aliphatic rings. The summed E-state index contributed by atoms with van der Waals surface area (Å²) in [6, 6.07) is 11.6. The van der Waals surface area contributed by atoms with Crippen molar-refractivity contribution in [2.45, 2.75) is 6.92 Å². The number of aryl methyl sites for hydroxylation is 1. The van der Waals surface area contributed by atoms with E-state index < -0.39 is 29.5 Å². The lowest BCUT2D eigenvalue weighted by atomic mass is 10.2. The molecule has 4 amide bonds. The number of carbonyl (C=O) groups excluding carboxylic acids is 4. The van der Waals surface area contributed by atoms with Crippen LogP contribution in [0.15, 0.2) is 47.4 Å². The quantitative estimate of drug-likeness (QED) is 0.614. The third-order valence-electron chi connectivity index (χ3n) is 4.19. The lowest BCUT2D eigenvalue weighted by Gasteiger charge is -2.13. The Morgan fingerprint density at radius 1 is 1.19 bits per heavy atom. The molecule has 3 rings (SSSR count). The van der Waals surface area contributed by atoms with Gasteiger partial charge >= 0.3 is 0 Å². The van der Waals surface area contributed by atoms with E-state index in [9.17, 15) is 19.2 Å². The maximum Gasteiger partial charge on any atom is 0.294 e. The molecule has 10 heteroatoms. The van der Waals surface area contributed by atoms with Crippen molar-refractivity contribution in [3.05, 3.63) is 63.5 Å². The summed E-state index contributed by atoms with van der Waals surface area (Å²) < 4.78 is 5.17. The summed E-state index contributed by atoms with van der Waals surface area (Å²) in [6.07, 6.45) is 1.54. The van der Waals surface area contributed by atoms with Crippen LogP contribution in [0.1, 0.15) is 11.1 Å². The van der Waals surface area contributed by atoms with Gasteiger partial charge in [-0.15, -0.1) is 0 Å². The molecule has 1 heterocycles. The van der Waals surface area contributed by atoms with Gasteiger partial charge in [-0.05, 0) is 60.2 Å².